The van der Waals surface area contributed by atoms with E-state index in [9.17, 15) is 4.79 Å². The maximum absolute atomic E-state index is 12.9. The number of unbranched alkanes of at least 4 members (excludes halogenated alkanes) is 3. The number of rotatable bonds is 10. The number of piperidine rings is 1. The van der Waals surface area contributed by atoms with E-state index in [1.165, 1.54) is 31.0 Å². The van der Waals surface area contributed by atoms with Crippen LogP contribution in [0.3, 0.4) is 0 Å². The SMILES string of the molecule is CCCCCCOc1nsnc1C1=CCC[N+](C)(C(C)OC(=O)N2CCC(N(C)C)CC2)C1. The first-order chi connectivity index (χ1) is 15.8. The molecule has 2 unspecified atom stereocenters. The third kappa shape index (κ3) is 6.90. The lowest BCUT2D eigenvalue weighted by atomic mass is 10.0. The number of hydrogen-bond acceptors (Lipinski definition) is 7. The predicted molar refractivity (Wildman–Crippen MR) is 132 cm³/mol. The van der Waals surface area contributed by atoms with Crippen molar-refractivity contribution >= 4 is 23.4 Å². The number of quaternary nitrogens is 1. The van der Waals surface area contributed by atoms with E-state index >= 15 is 0 Å². The lowest BCUT2D eigenvalue weighted by Gasteiger charge is -2.42. The van der Waals surface area contributed by atoms with Crippen LogP contribution in [0.4, 0.5) is 4.79 Å². The number of amides is 1. The summed E-state index contributed by atoms with van der Waals surface area (Å²) in [5.41, 5.74) is 1.99. The fourth-order valence-corrected chi connectivity index (χ4v) is 5.16. The molecule has 9 heteroatoms. The second-order valence-electron chi connectivity index (χ2n) is 9.87. The number of carbonyl (C=O) groups is 1. The van der Waals surface area contributed by atoms with Crippen LogP contribution in [-0.4, -0.2) is 95.3 Å². The fraction of sp³-hybridized carbons (Fsp3) is 0.792. The van der Waals surface area contributed by atoms with Gasteiger partial charge in [-0.2, -0.15) is 4.37 Å². The molecule has 1 aromatic rings. The molecule has 0 bridgehead atoms. The zero-order chi connectivity index (χ0) is 23.8. The Kier molecular flexibility index (Phi) is 9.52. The van der Waals surface area contributed by atoms with Gasteiger partial charge in [0.05, 0.1) is 31.9 Å². The van der Waals surface area contributed by atoms with Crippen molar-refractivity contribution in [2.75, 3.05) is 53.9 Å². The highest BCUT2D eigenvalue weighted by Gasteiger charge is 2.38. The van der Waals surface area contributed by atoms with Crippen molar-refractivity contribution in [1.82, 2.24) is 18.5 Å². The van der Waals surface area contributed by atoms with Gasteiger partial charge < -0.3 is 19.3 Å². The molecule has 0 N–H and O–H groups in total. The molecule has 2 aliphatic heterocycles. The van der Waals surface area contributed by atoms with Crippen molar-refractivity contribution in [3.05, 3.63) is 11.8 Å². The molecular formula is C24H42N5O3S+. The molecule has 1 aromatic heterocycles. The Morgan fingerprint density at radius 1 is 1.27 bits per heavy atom. The van der Waals surface area contributed by atoms with Crippen molar-refractivity contribution in [2.45, 2.75) is 71.1 Å². The van der Waals surface area contributed by atoms with Gasteiger partial charge in [-0.25, -0.2) is 4.79 Å². The number of likely N-dealkylation sites (N-methyl/N-ethyl adjacent to an activating group) is 1. The Morgan fingerprint density at radius 3 is 2.73 bits per heavy atom. The van der Waals surface area contributed by atoms with Gasteiger partial charge in [0.15, 0.2) is 0 Å². The number of hydrogen-bond donors (Lipinski definition) is 0. The monoisotopic (exact) mass is 480 g/mol. The Balaban J connectivity index is 1.55. The first kappa shape index (κ1) is 25.9. The lowest BCUT2D eigenvalue weighted by molar-refractivity contribution is -0.944. The molecular weight excluding hydrogens is 438 g/mol. The van der Waals surface area contributed by atoms with Gasteiger partial charge >= 0.3 is 6.09 Å². The maximum Gasteiger partial charge on any atom is 0.414 e. The molecule has 33 heavy (non-hydrogen) atoms. The van der Waals surface area contributed by atoms with Gasteiger partial charge in [-0.05, 0) is 33.4 Å². The summed E-state index contributed by atoms with van der Waals surface area (Å²) >= 11 is 1.20. The second-order valence-corrected chi connectivity index (χ2v) is 10.4. The summed E-state index contributed by atoms with van der Waals surface area (Å²) in [4.78, 5) is 17.0. The van der Waals surface area contributed by atoms with Crippen LogP contribution in [0.25, 0.3) is 5.57 Å². The quantitative estimate of drug-likeness (QED) is 0.369. The van der Waals surface area contributed by atoms with Crippen molar-refractivity contribution in [3.63, 3.8) is 0 Å². The van der Waals surface area contributed by atoms with Gasteiger partial charge in [-0.15, -0.1) is 4.37 Å². The highest BCUT2D eigenvalue weighted by atomic mass is 32.1. The minimum Gasteiger partial charge on any atom is -0.475 e. The molecule has 0 saturated carbocycles. The summed E-state index contributed by atoms with van der Waals surface area (Å²) in [6.45, 7) is 8.08. The van der Waals surface area contributed by atoms with Crippen LogP contribution >= 0.6 is 11.7 Å². The molecule has 8 nitrogen and oxygen atoms in total. The average molecular weight is 481 g/mol. The molecule has 3 heterocycles. The molecule has 2 aliphatic rings. The van der Waals surface area contributed by atoms with Crippen molar-refractivity contribution in [3.8, 4) is 5.88 Å². The van der Waals surface area contributed by atoms with Crippen molar-refractivity contribution < 1.29 is 18.8 Å². The number of carbonyl (C=O) groups excluding carboxylic acids is 1. The highest BCUT2D eigenvalue weighted by Crippen LogP contribution is 2.32. The van der Waals surface area contributed by atoms with E-state index < -0.39 is 0 Å². The molecule has 3 rings (SSSR count). The Labute approximate surface area is 203 Å². The van der Waals surface area contributed by atoms with Crippen LogP contribution in [0.15, 0.2) is 6.08 Å². The largest absolute Gasteiger partial charge is 0.475 e. The van der Waals surface area contributed by atoms with Crippen LogP contribution in [0.2, 0.25) is 0 Å². The maximum atomic E-state index is 12.9. The van der Waals surface area contributed by atoms with Crippen molar-refractivity contribution in [1.29, 1.82) is 0 Å². The predicted octanol–water partition coefficient (Wildman–Crippen LogP) is 4.24. The van der Waals surface area contributed by atoms with Crippen LogP contribution < -0.4 is 4.74 Å². The first-order valence-electron chi connectivity index (χ1n) is 12.4. The van der Waals surface area contributed by atoms with Gasteiger partial charge in [0.25, 0.3) is 5.88 Å². The molecule has 0 aliphatic carbocycles. The Hall–Kier alpha value is -1.71. The van der Waals surface area contributed by atoms with E-state index in [4.69, 9.17) is 9.47 Å². The third-order valence-corrected chi connectivity index (χ3v) is 7.68. The van der Waals surface area contributed by atoms with Gasteiger partial charge in [0, 0.05) is 38.0 Å². The normalized spacial score (nSPS) is 22.8. The first-order valence-corrected chi connectivity index (χ1v) is 13.2. The zero-order valence-electron chi connectivity index (χ0n) is 21.1. The minimum absolute atomic E-state index is 0.193. The number of likely N-dealkylation sites (tertiary alicyclic amines) is 1. The Bertz CT molecular complexity index is 791. The standard InChI is InChI=1S/C24H42N5O3S/c1-6-7-8-9-17-31-23-22(25-33-26-23)20-11-10-16-29(5,18-20)19(2)32-24(30)28-14-12-21(13-15-28)27(3)4/h11,19,21H,6-10,12-18H2,1-5H3/q+1. The summed E-state index contributed by atoms with van der Waals surface area (Å²) < 4.78 is 21.5. The van der Waals surface area contributed by atoms with Gasteiger partial charge in [-0.3, -0.25) is 4.48 Å². The van der Waals surface area contributed by atoms with Gasteiger partial charge in [0.2, 0.25) is 6.23 Å². The third-order valence-electron chi connectivity index (χ3n) is 7.16. The molecule has 186 valence electrons. The topological polar surface area (TPSA) is 67.8 Å². The molecule has 0 radical (unpaired) electrons. The molecule has 1 amide bonds. The van der Waals surface area contributed by atoms with Crippen LogP contribution in [0.5, 0.6) is 5.88 Å². The van der Waals surface area contributed by atoms with E-state index in [0.29, 0.717) is 23.0 Å². The number of aromatic nitrogens is 2. The summed E-state index contributed by atoms with van der Waals surface area (Å²) in [5.74, 6) is 0.643. The molecule has 1 saturated heterocycles. The number of nitrogens with zero attached hydrogens (tertiary/aromatic N) is 5. The lowest BCUT2D eigenvalue weighted by Crippen LogP contribution is -2.56. The van der Waals surface area contributed by atoms with Gasteiger partial charge in [-0.1, -0.05) is 32.3 Å². The Morgan fingerprint density at radius 2 is 2.03 bits per heavy atom. The van der Waals surface area contributed by atoms with E-state index in [1.54, 1.807) is 0 Å². The van der Waals surface area contributed by atoms with Crippen LogP contribution in [0, 0.1) is 0 Å². The molecule has 2 atom stereocenters. The highest BCUT2D eigenvalue weighted by molar-refractivity contribution is 6.99. The van der Waals surface area contributed by atoms with Crippen molar-refractivity contribution in [2.24, 2.45) is 0 Å². The van der Waals surface area contributed by atoms with Crippen LogP contribution in [0.1, 0.15) is 64.5 Å². The minimum atomic E-state index is -0.238. The van der Waals surface area contributed by atoms with E-state index in [0.717, 1.165) is 63.1 Å². The number of ether oxygens (including phenoxy) is 2. The van der Waals surface area contributed by atoms with E-state index in [1.807, 2.05) is 11.8 Å². The summed E-state index contributed by atoms with van der Waals surface area (Å²) in [5, 5.41) is 0. The van der Waals surface area contributed by atoms with Crippen LogP contribution in [-0.2, 0) is 4.74 Å². The molecule has 1 fully saturated rings. The summed E-state index contributed by atoms with van der Waals surface area (Å²) in [7, 11) is 6.37. The van der Waals surface area contributed by atoms with E-state index in [-0.39, 0.29) is 12.3 Å². The fourth-order valence-electron chi connectivity index (χ4n) is 4.63. The summed E-state index contributed by atoms with van der Waals surface area (Å²) in [6, 6.07) is 0.542. The smallest absolute Gasteiger partial charge is 0.414 e. The average Bonchev–Trinajstić information content (AvgIpc) is 3.27. The van der Waals surface area contributed by atoms with Gasteiger partial charge in [0.1, 0.15) is 12.2 Å². The summed E-state index contributed by atoms with van der Waals surface area (Å²) in [6.07, 6.45) is 9.37. The second kappa shape index (κ2) is 12.1. The van der Waals surface area contributed by atoms with E-state index in [2.05, 4.69) is 47.8 Å². The zero-order valence-corrected chi connectivity index (χ0v) is 21.9. The molecule has 0 aromatic carbocycles. The molecule has 0 spiro atoms.